The van der Waals surface area contributed by atoms with E-state index in [0.717, 1.165) is 16.8 Å². The molecule has 0 unspecified atom stereocenters. The third kappa shape index (κ3) is 4.68. The number of fused-ring (bicyclic) bond motifs is 1. The van der Waals surface area contributed by atoms with E-state index >= 15 is 0 Å². The predicted molar refractivity (Wildman–Crippen MR) is 126 cm³/mol. The number of esters is 1. The molecule has 6 heteroatoms. The van der Waals surface area contributed by atoms with Crippen LogP contribution in [-0.4, -0.2) is 25.8 Å². The Morgan fingerprint density at radius 3 is 2.41 bits per heavy atom. The molecule has 0 atom stereocenters. The van der Waals surface area contributed by atoms with Gasteiger partial charge in [-0.2, -0.15) is 0 Å². The van der Waals surface area contributed by atoms with Crippen LogP contribution in [0.15, 0.2) is 66.4 Å². The third-order valence-electron chi connectivity index (χ3n) is 5.14. The monoisotopic (exact) mass is 447 g/mol. The Morgan fingerprint density at radius 2 is 1.75 bits per heavy atom. The van der Waals surface area contributed by atoms with Crippen LogP contribution in [0.5, 0.6) is 11.5 Å². The Balaban J connectivity index is 1.51. The Hall–Kier alpha value is -3.57. The Labute approximate surface area is 191 Å². The maximum atomic E-state index is 12.9. The van der Waals surface area contributed by atoms with Crippen molar-refractivity contribution in [1.29, 1.82) is 0 Å². The fourth-order valence-electron chi connectivity index (χ4n) is 3.49. The number of aryl methyl sites for hydroxylation is 1. The number of hydrogen-bond donors (Lipinski definition) is 0. The van der Waals surface area contributed by atoms with Gasteiger partial charge in [0.25, 0.3) is 0 Å². The van der Waals surface area contributed by atoms with E-state index in [0.29, 0.717) is 27.6 Å². The molecule has 1 aliphatic rings. The van der Waals surface area contributed by atoms with Crippen LogP contribution in [0.4, 0.5) is 5.69 Å². The van der Waals surface area contributed by atoms with Crippen LogP contribution in [0, 0.1) is 6.92 Å². The largest absolute Gasteiger partial charge is 0.452 e. The minimum Gasteiger partial charge on any atom is -0.452 e. The number of ether oxygens (including phenoxy) is 2. The topological polar surface area (TPSA) is 55.8 Å². The number of rotatable bonds is 5. The molecule has 0 aromatic heterocycles. The second-order valence-electron chi connectivity index (χ2n) is 7.82. The lowest BCUT2D eigenvalue weighted by molar-refractivity contribution is -0.133. The van der Waals surface area contributed by atoms with Crippen LogP contribution in [-0.2, 0) is 11.2 Å². The fourth-order valence-corrected chi connectivity index (χ4v) is 3.62. The quantitative estimate of drug-likeness (QED) is 0.294. The standard InChI is InChI=1S/C26H22ClNO4/c1-16-12-21(31-24(29)14-18-4-8-19(27)9-5-18)15-22-25(16)26(30)23(32-22)13-17-6-10-20(11-7-17)28(2)3/h4-13,15H,14H2,1-3H3/b23-13-. The number of carbonyl (C=O) groups is 2. The molecule has 3 aromatic rings. The molecule has 0 bridgehead atoms. The van der Waals surface area contributed by atoms with E-state index in [4.69, 9.17) is 21.1 Å². The summed E-state index contributed by atoms with van der Waals surface area (Å²) in [6.07, 6.45) is 1.83. The molecular weight excluding hydrogens is 426 g/mol. The van der Waals surface area contributed by atoms with E-state index < -0.39 is 5.97 Å². The number of ketones is 1. The van der Waals surface area contributed by atoms with E-state index in [-0.39, 0.29) is 18.0 Å². The van der Waals surface area contributed by atoms with Crippen LogP contribution >= 0.6 is 11.6 Å². The maximum Gasteiger partial charge on any atom is 0.315 e. The summed E-state index contributed by atoms with van der Waals surface area (Å²) in [5.41, 5.74) is 3.90. The summed E-state index contributed by atoms with van der Waals surface area (Å²) in [7, 11) is 3.94. The highest BCUT2D eigenvalue weighted by molar-refractivity contribution is 6.30. The molecule has 4 rings (SSSR count). The smallest absolute Gasteiger partial charge is 0.315 e. The first kappa shape index (κ1) is 21.7. The summed E-state index contributed by atoms with van der Waals surface area (Å²) in [5, 5.41) is 0.607. The van der Waals surface area contributed by atoms with Gasteiger partial charge >= 0.3 is 5.97 Å². The van der Waals surface area contributed by atoms with Crippen LogP contribution < -0.4 is 14.4 Å². The second kappa shape index (κ2) is 8.89. The van der Waals surface area contributed by atoms with Gasteiger partial charge in [0, 0.05) is 30.9 Å². The molecule has 1 aliphatic heterocycles. The van der Waals surface area contributed by atoms with Gasteiger partial charge in [-0.25, -0.2) is 0 Å². The van der Waals surface area contributed by atoms with E-state index in [1.165, 1.54) is 0 Å². The van der Waals surface area contributed by atoms with Gasteiger partial charge in [-0.15, -0.1) is 0 Å². The van der Waals surface area contributed by atoms with Crippen molar-refractivity contribution < 1.29 is 19.1 Å². The molecular formula is C26H22ClNO4. The molecule has 0 fully saturated rings. The number of anilines is 1. The second-order valence-corrected chi connectivity index (χ2v) is 8.25. The SMILES string of the molecule is Cc1cc(OC(=O)Cc2ccc(Cl)cc2)cc2c1C(=O)/C(=C/c1ccc(N(C)C)cc1)O2. The fraction of sp³-hybridized carbons (Fsp3) is 0.154. The van der Waals surface area contributed by atoms with Gasteiger partial charge in [-0.1, -0.05) is 35.9 Å². The van der Waals surface area contributed by atoms with Gasteiger partial charge in [0.2, 0.25) is 5.78 Å². The van der Waals surface area contributed by atoms with Crippen molar-refractivity contribution in [1.82, 2.24) is 0 Å². The molecule has 0 aliphatic carbocycles. The molecule has 0 saturated heterocycles. The van der Waals surface area contributed by atoms with Crippen molar-refractivity contribution in [3.63, 3.8) is 0 Å². The van der Waals surface area contributed by atoms with Crippen molar-refractivity contribution in [3.05, 3.63) is 93.7 Å². The number of nitrogens with zero attached hydrogens (tertiary/aromatic N) is 1. The van der Waals surface area contributed by atoms with Gasteiger partial charge < -0.3 is 14.4 Å². The molecule has 32 heavy (non-hydrogen) atoms. The molecule has 0 amide bonds. The summed E-state index contributed by atoms with van der Waals surface area (Å²) in [6, 6.07) is 18.1. The summed E-state index contributed by atoms with van der Waals surface area (Å²) < 4.78 is 11.3. The van der Waals surface area contributed by atoms with Crippen molar-refractivity contribution in [2.45, 2.75) is 13.3 Å². The average Bonchev–Trinajstić information content (AvgIpc) is 3.05. The summed E-state index contributed by atoms with van der Waals surface area (Å²) in [6.45, 7) is 1.80. The van der Waals surface area contributed by atoms with Crippen molar-refractivity contribution in [3.8, 4) is 11.5 Å². The number of allylic oxidation sites excluding steroid dienone is 1. The number of Topliss-reactive ketones (excluding diaryl/α,β-unsaturated/α-hetero) is 1. The van der Waals surface area contributed by atoms with Gasteiger partial charge in [-0.05, 0) is 60.0 Å². The summed E-state index contributed by atoms with van der Waals surface area (Å²) >= 11 is 5.88. The lowest BCUT2D eigenvalue weighted by atomic mass is 10.0. The van der Waals surface area contributed by atoms with E-state index in [1.807, 2.05) is 43.3 Å². The van der Waals surface area contributed by atoms with Crippen molar-refractivity contribution >= 4 is 35.1 Å². The van der Waals surface area contributed by atoms with E-state index in [1.54, 1.807) is 49.4 Å². The minimum atomic E-state index is -0.409. The van der Waals surface area contributed by atoms with Crippen LogP contribution in [0.1, 0.15) is 27.0 Å². The lowest BCUT2D eigenvalue weighted by Gasteiger charge is -2.11. The highest BCUT2D eigenvalue weighted by Gasteiger charge is 2.30. The number of benzene rings is 3. The molecule has 1 heterocycles. The Kier molecular flexibility index (Phi) is 6.01. The van der Waals surface area contributed by atoms with Gasteiger partial charge in [-0.3, -0.25) is 9.59 Å². The van der Waals surface area contributed by atoms with Crippen LogP contribution in [0.2, 0.25) is 5.02 Å². The van der Waals surface area contributed by atoms with E-state index in [2.05, 4.69) is 0 Å². The zero-order valence-electron chi connectivity index (χ0n) is 18.0. The average molecular weight is 448 g/mol. The lowest BCUT2D eigenvalue weighted by Crippen LogP contribution is -2.11. The van der Waals surface area contributed by atoms with Crippen LogP contribution in [0.3, 0.4) is 0 Å². The molecule has 3 aromatic carbocycles. The van der Waals surface area contributed by atoms with Gasteiger partial charge in [0.05, 0.1) is 12.0 Å². The van der Waals surface area contributed by atoms with Gasteiger partial charge in [0.1, 0.15) is 11.5 Å². The zero-order valence-corrected chi connectivity index (χ0v) is 18.8. The third-order valence-corrected chi connectivity index (χ3v) is 5.40. The minimum absolute atomic E-state index is 0.112. The molecule has 162 valence electrons. The van der Waals surface area contributed by atoms with Gasteiger partial charge in [0.15, 0.2) is 5.76 Å². The zero-order chi connectivity index (χ0) is 22.8. The Bertz CT molecular complexity index is 1210. The normalized spacial score (nSPS) is 13.6. The first-order chi connectivity index (χ1) is 15.3. The number of carbonyl (C=O) groups excluding carboxylic acids is 2. The molecule has 0 N–H and O–H groups in total. The molecule has 0 radical (unpaired) electrons. The molecule has 5 nitrogen and oxygen atoms in total. The molecule has 0 saturated carbocycles. The van der Waals surface area contributed by atoms with Crippen molar-refractivity contribution in [2.75, 3.05) is 19.0 Å². The number of halogens is 1. The highest BCUT2D eigenvalue weighted by Crippen LogP contribution is 2.37. The van der Waals surface area contributed by atoms with E-state index in [9.17, 15) is 9.59 Å². The first-order valence-electron chi connectivity index (χ1n) is 10.1. The first-order valence-corrected chi connectivity index (χ1v) is 10.5. The predicted octanol–water partition coefficient (Wildman–Crippen LogP) is 5.48. The van der Waals surface area contributed by atoms with Crippen molar-refractivity contribution in [2.24, 2.45) is 0 Å². The summed E-state index contributed by atoms with van der Waals surface area (Å²) in [4.78, 5) is 27.2. The highest BCUT2D eigenvalue weighted by atomic mass is 35.5. The Morgan fingerprint density at radius 1 is 1.06 bits per heavy atom. The maximum absolute atomic E-state index is 12.9. The number of hydrogen-bond acceptors (Lipinski definition) is 5. The van der Waals surface area contributed by atoms with Crippen LogP contribution in [0.25, 0.3) is 6.08 Å². The molecule has 0 spiro atoms. The summed E-state index contributed by atoms with van der Waals surface area (Å²) in [5.74, 6) is 0.372.